The normalized spacial score (nSPS) is 13.5. The van der Waals surface area contributed by atoms with Gasteiger partial charge in [0.2, 0.25) is 5.91 Å². The Bertz CT molecular complexity index is 1050. The van der Waals surface area contributed by atoms with E-state index in [1.807, 2.05) is 47.4 Å². The monoisotopic (exact) mass is 462 g/mol. The molecule has 0 aliphatic carbocycles. The molecule has 0 atom stereocenters. The summed E-state index contributed by atoms with van der Waals surface area (Å²) in [6.45, 7) is 2.08. The number of hydrogen-bond acceptors (Lipinski definition) is 3. The fourth-order valence-electron chi connectivity index (χ4n) is 4.09. The van der Waals surface area contributed by atoms with Crippen LogP contribution in [-0.4, -0.2) is 38.1 Å². The molecule has 3 N–H and O–H groups in total. The lowest BCUT2D eigenvalue weighted by Crippen LogP contribution is -2.47. The van der Waals surface area contributed by atoms with E-state index in [-0.39, 0.29) is 24.4 Å². The predicted octanol–water partition coefficient (Wildman–Crippen LogP) is 4.62. The molecule has 33 heavy (non-hydrogen) atoms. The number of hydrogen-bond donors (Lipinski definition) is 3. The lowest BCUT2D eigenvalue weighted by Gasteiger charge is -2.29. The van der Waals surface area contributed by atoms with Gasteiger partial charge in [-0.25, -0.2) is 4.79 Å². The summed E-state index contributed by atoms with van der Waals surface area (Å²) in [5.74, 6) is 0.173. The molecule has 4 rings (SSSR count). The highest BCUT2D eigenvalue weighted by Crippen LogP contribution is 2.30. The van der Waals surface area contributed by atoms with Crippen molar-refractivity contribution >= 4 is 34.9 Å². The van der Waals surface area contributed by atoms with Crippen LogP contribution in [0.2, 0.25) is 5.02 Å². The first-order chi connectivity index (χ1) is 16.1. The van der Waals surface area contributed by atoms with E-state index in [2.05, 4.69) is 40.2 Å². The Morgan fingerprint density at radius 1 is 1.00 bits per heavy atom. The van der Waals surface area contributed by atoms with Crippen molar-refractivity contribution in [3.05, 3.63) is 95.0 Å². The number of carbonyl (C=O) groups excluding carboxylic acids is 2. The molecule has 170 valence electrons. The summed E-state index contributed by atoms with van der Waals surface area (Å²) in [6, 6.07) is 25.7. The number of nitrogens with zero attached hydrogens (tertiary/aromatic N) is 1. The second-order valence-corrected chi connectivity index (χ2v) is 8.39. The third kappa shape index (κ3) is 6.05. The number of urea groups is 1. The Labute approximate surface area is 198 Å². The molecule has 3 aromatic rings. The Morgan fingerprint density at radius 2 is 1.67 bits per heavy atom. The molecule has 6 nitrogen and oxygen atoms in total. The van der Waals surface area contributed by atoms with E-state index in [0.717, 1.165) is 12.1 Å². The number of anilines is 2. The first-order valence-corrected chi connectivity index (χ1v) is 11.4. The number of carbonyl (C=O) groups is 2. The van der Waals surface area contributed by atoms with Gasteiger partial charge in [0.25, 0.3) is 0 Å². The molecule has 3 aromatic carbocycles. The summed E-state index contributed by atoms with van der Waals surface area (Å²) in [5.41, 5.74) is 3.83. The van der Waals surface area contributed by atoms with Crippen LogP contribution in [0.25, 0.3) is 0 Å². The van der Waals surface area contributed by atoms with Crippen molar-refractivity contribution in [2.75, 3.05) is 36.4 Å². The molecule has 0 radical (unpaired) electrons. The molecule has 0 spiro atoms. The minimum atomic E-state index is -0.281. The quantitative estimate of drug-likeness (QED) is 0.479. The summed E-state index contributed by atoms with van der Waals surface area (Å²) in [4.78, 5) is 26.0. The maximum atomic E-state index is 12.5. The fraction of sp³-hybridized carbons (Fsp3) is 0.231. The maximum Gasteiger partial charge on any atom is 0.319 e. The number of benzene rings is 3. The zero-order chi connectivity index (χ0) is 23.0. The summed E-state index contributed by atoms with van der Waals surface area (Å²) in [5, 5.41) is 9.08. The SMILES string of the molecule is O=C1CN(c2ccc(NC(=O)NCCC(c3ccccc3)c3ccccc3)cc2Cl)CCN1. The average Bonchev–Trinajstić information content (AvgIpc) is 2.83. The molecule has 7 heteroatoms. The number of rotatable bonds is 7. The standard InChI is InChI=1S/C26H27ClN4O2/c27-23-17-21(11-12-24(23)31-16-15-28-25(32)18-31)30-26(33)29-14-13-22(19-7-3-1-4-8-19)20-9-5-2-6-10-20/h1-12,17,22H,13-16,18H2,(H,28,32)(H2,29,30,33). The van der Waals surface area contributed by atoms with Crippen LogP contribution in [0.4, 0.5) is 16.2 Å². The molecule has 0 unspecified atom stereocenters. The number of amides is 3. The van der Waals surface area contributed by atoms with E-state index in [9.17, 15) is 9.59 Å². The van der Waals surface area contributed by atoms with Crippen molar-refractivity contribution in [1.82, 2.24) is 10.6 Å². The van der Waals surface area contributed by atoms with Gasteiger partial charge >= 0.3 is 6.03 Å². The lowest BCUT2D eigenvalue weighted by atomic mass is 9.88. The molecule has 1 aliphatic heterocycles. The fourth-order valence-corrected chi connectivity index (χ4v) is 4.39. The maximum absolute atomic E-state index is 12.5. The van der Waals surface area contributed by atoms with E-state index in [4.69, 9.17) is 11.6 Å². The minimum absolute atomic E-state index is 0.0248. The van der Waals surface area contributed by atoms with Crippen LogP contribution in [0, 0.1) is 0 Å². The third-order valence-corrected chi connectivity index (χ3v) is 6.01. The van der Waals surface area contributed by atoms with Crippen molar-refractivity contribution in [3.8, 4) is 0 Å². The van der Waals surface area contributed by atoms with Gasteiger partial charge in [-0.1, -0.05) is 72.3 Å². The highest BCUT2D eigenvalue weighted by molar-refractivity contribution is 6.33. The highest BCUT2D eigenvalue weighted by atomic mass is 35.5. The topological polar surface area (TPSA) is 73.5 Å². The van der Waals surface area contributed by atoms with Gasteiger partial charge in [0.05, 0.1) is 17.3 Å². The largest absolute Gasteiger partial charge is 0.359 e. The highest BCUT2D eigenvalue weighted by Gasteiger charge is 2.19. The molecule has 0 saturated carbocycles. The van der Waals surface area contributed by atoms with Crippen LogP contribution < -0.4 is 20.9 Å². The zero-order valence-corrected chi connectivity index (χ0v) is 19.0. The molecule has 1 saturated heterocycles. The summed E-state index contributed by atoms with van der Waals surface area (Å²) < 4.78 is 0. The summed E-state index contributed by atoms with van der Waals surface area (Å²) >= 11 is 6.43. The van der Waals surface area contributed by atoms with Crippen LogP contribution in [0.15, 0.2) is 78.9 Å². The Morgan fingerprint density at radius 3 is 2.27 bits per heavy atom. The van der Waals surface area contributed by atoms with Crippen molar-refractivity contribution in [1.29, 1.82) is 0 Å². The first kappa shape index (κ1) is 22.7. The number of piperazine rings is 1. The third-order valence-electron chi connectivity index (χ3n) is 5.71. The van der Waals surface area contributed by atoms with Gasteiger partial charge in [-0.3, -0.25) is 4.79 Å². The smallest absolute Gasteiger partial charge is 0.319 e. The van der Waals surface area contributed by atoms with Crippen LogP contribution >= 0.6 is 11.6 Å². The van der Waals surface area contributed by atoms with Gasteiger partial charge in [0.1, 0.15) is 0 Å². The van der Waals surface area contributed by atoms with Gasteiger partial charge in [0.15, 0.2) is 0 Å². The zero-order valence-electron chi connectivity index (χ0n) is 18.3. The van der Waals surface area contributed by atoms with Gasteiger partial charge in [-0.2, -0.15) is 0 Å². The summed E-state index contributed by atoms with van der Waals surface area (Å²) in [7, 11) is 0. The molecular formula is C26H27ClN4O2. The van der Waals surface area contributed by atoms with E-state index in [0.29, 0.717) is 30.3 Å². The average molecular weight is 463 g/mol. The first-order valence-electron chi connectivity index (χ1n) is 11.1. The lowest BCUT2D eigenvalue weighted by molar-refractivity contribution is -0.120. The van der Waals surface area contributed by atoms with Gasteiger partial charge in [0, 0.05) is 31.2 Å². The minimum Gasteiger partial charge on any atom is -0.359 e. The van der Waals surface area contributed by atoms with E-state index >= 15 is 0 Å². The van der Waals surface area contributed by atoms with Gasteiger partial charge in [-0.15, -0.1) is 0 Å². The van der Waals surface area contributed by atoms with Gasteiger partial charge < -0.3 is 20.9 Å². The summed E-state index contributed by atoms with van der Waals surface area (Å²) in [6.07, 6.45) is 0.776. The van der Waals surface area contributed by atoms with Crippen LogP contribution in [0.1, 0.15) is 23.5 Å². The van der Waals surface area contributed by atoms with Crippen LogP contribution in [0.5, 0.6) is 0 Å². The van der Waals surface area contributed by atoms with E-state index in [1.165, 1.54) is 11.1 Å². The number of nitrogens with one attached hydrogen (secondary N) is 3. The van der Waals surface area contributed by atoms with Crippen LogP contribution in [0.3, 0.4) is 0 Å². The number of halogens is 1. The van der Waals surface area contributed by atoms with Crippen molar-refractivity contribution < 1.29 is 9.59 Å². The molecule has 1 aliphatic rings. The van der Waals surface area contributed by atoms with Crippen molar-refractivity contribution in [2.45, 2.75) is 12.3 Å². The van der Waals surface area contributed by atoms with Crippen molar-refractivity contribution in [2.24, 2.45) is 0 Å². The molecule has 3 amide bonds. The van der Waals surface area contributed by atoms with Crippen molar-refractivity contribution in [3.63, 3.8) is 0 Å². The van der Waals surface area contributed by atoms with E-state index < -0.39 is 0 Å². The van der Waals surface area contributed by atoms with E-state index in [1.54, 1.807) is 12.1 Å². The molecular weight excluding hydrogens is 436 g/mol. The molecule has 1 heterocycles. The molecule has 1 fully saturated rings. The second-order valence-electron chi connectivity index (χ2n) is 7.98. The molecule has 0 aromatic heterocycles. The van der Waals surface area contributed by atoms with Gasteiger partial charge in [-0.05, 0) is 35.7 Å². The Kier molecular flexibility index (Phi) is 7.47. The second kappa shape index (κ2) is 10.9. The predicted molar refractivity (Wildman–Crippen MR) is 133 cm³/mol. The van der Waals surface area contributed by atoms with Crippen LogP contribution in [-0.2, 0) is 4.79 Å². The molecule has 0 bridgehead atoms. The Balaban J connectivity index is 1.34. The Hall–Kier alpha value is -3.51.